The molecule has 1 aliphatic rings. The first kappa shape index (κ1) is 10.1. The van der Waals surface area contributed by atoms with Crippen molar-refractivity contribution in [2.24, 2.45) is 5.41 Å². The van der Waals surface area contributed by atoms with Gasteiger partial charge in [-0.2, -0.15) is 0 Å². The lowest BCUT2D eigenvalue weighted by atomic mass is 9.67. The van der Waals surface area contributed by atoms with E-state index in [9.17, 15) is 4.79 Å². The molecule has 1 rings (SSSR count). The number of rotatable bonds is 3. The molecule has 1 saturated carbocycles. The monoisotopic (exact) mass is 179 g/mol. The van der Waals surface area contributed by atoms with Crippen molar-refractivity contribution in [3.8, 4) is 12.3 Å². The quantitative estimate of drug-likeness (QED) is 0.656. The summed E-state index contributed by atoms with van der Waals surface area (Å²) in [5.41, 5.74) is 0.284. The lowest BCUT2D eigenvalue weighted by Crippen LogP contribution is -2.52. The predicted octanol–water partition coefficient (Wildman–Crippen LogP) is 1.70. The third-order valence-corrected chi connectivity index (χ3v) is 2.85. The fourth-order valence-electron chi connectivity index (χ4n) is 1.59. The summed E-state index contributed by atoms with van der Waals surface area (Å²) in [5.74, 6) is 2.56. The SMILES string of the molecule is C#CCCC(=O)NC1CCC1(C)C. The first-order chi connectivity index (χ1) is 6.06. The van der Waals surface area contributed by atoms with Crippen LogP contribution in [0.3, 0.4) is 0 Å². The summed E-state index contributed by atoms with van der Waals surface area (Å²) in [5, 5.41) is 3.01. The van der Waals surface area contributed by atoms with Crippen molar-refractivity contribution in [2.75, 3.05) is 0 Å². The minimum absolute atomic E-state index is 0.0933. The van der Waals surface area contributed by atoms with Gasteiger partial charge in [0.15, 0.2) is 0 Å². The van der Waals surface area contributed by atoms with E-state index in [0.29, 0.717) is 18.9 Å². The van der Waals surface area contributed by atoms with Crippen LogP contribution in [0.4, 0.5) is 0 Å². The third-order valence-electron chi connectivity index (χ3n) is 2.85. The molecule has 0 bridgehead atoms. The Labute approximate surface area is 80.1 Å². The van der Waals surface area contributed by atoms with Gasteiger partial charge >= 0.3 is 0 Å². The summed E-state index contributed by atoms with van der Waals surface area (Å²) in [6.45, 7) is 4.37. The van der Waals surface area contributed by atoms with Crippen LogP contribution < -0.4 is 5.32 Å². The molecule has 2 heteroatoms. The molecule has 0 radical (unpaired) electrons. The van der Waals surface area contributed by atoms with Crippen LogP contribution in [0, 0.1) is 17.8 Å². The molecule has 0 saturated heterocycles. The Morgan fingerprint density at radius 1 is 1.69 bits per heavy atom. The van der Waals surface area contributed by atoms with Gasteiger partial charge < -0.3 is 5.32 Å². The first-order valence-electron chi connectivity index (χ1n) is 4.79. The van der Waals surface area contributed by atoms with Crippen molar-refractivity contribution >= 4 is 5.91 Å². The van der Waals surface area contributed by atoms with Crippen LogP contribution in [0.5, 0.6) is 0 Å². The molecule has 1 fully saturated rings. The molecule has 1 N–H and O–H groups in total. The Hall–Kier alpha value is -0.970. The maximum Gasteiger partial charge on any atom is 0.221 e. The number of terminal acetylenes is 1. The fraction of sp³-hybridized carbons (Fsp3) is 0.727. The van der Waals surface area contributed by atoms with Gasteiger partial charge in [0.1, 0.15) is 0 Å². The minimum atomic E-state index is 0.0933. The van der Waals surface area contributed by atoms with Crippen LogP contribution in [0.2, 0.25) is 0 Å². The van der Waals surface area contributed by atoms with Gasteiger partial charge in [0.25, 0.3) is 0 Å². The molecule has 0 aromatic rings. The fourth-order valence-corrected chi connectivity index (χ4v) is 1.59. The van der Waals surface area contributed by atoms with Gasteiger partial charge in [-0.15, -0.1) is 12.3 Å². The van der Waals surface area contributed by atoms with Crippen molar-refractivity contribution in [1.82, 2.24) is 5.32 Å². The second-order valence-electron chi connectivity index (χ2n) is 4.35. The lowest BCUT2D eigenvalue weighted by molar-refractivity contribution is -0.123. The second-order valence-corrected chi connectivity index (χ2v) is 4.35. The normalized spacial score (nSPS) is 24.2. The molecular weight excluding hydrogens is 162 g/mol. The van der Waals surface area contributed by atoms with E-state index in [4.69, 9.17) is 6.42 Å². The van der Waals surface area contributed by atoms with Crippen LogP contribution in [0.25, 0.3) is 0 Å². The zero-order valence-corrected chi connectivity index (χ0v) is 8.39. The Bertz CT molecular complexity index is 237. The Morgan fingerprint density at radius 2 is 2.38 bits per heavy atom. The topological polar surface area (TPSA) is 29.1 Å². The number of hydrogen-bond acceptors (Lipinski definition) is 1. The van der Waals surface area contributed by atoms with Crippen molar-refractivity contribution in [3.05, 3.63) is 0 Å². The lowest BCUT2D eigenvalue weighted by Gasteiger charge is -2.44. The van der Waals surface area contributed by atoms with Crippen molar-refractivity contribution < 1.29 is 4.79 Å². The molecule has 72 valence electrons. The molecule has 0 heterocycles. The standard InChI is InChI=1S/C11H17NO/c1-4-5-6-10(13)12-9-7-8-11(9,2)3/h1,9H,5-8H2,2-3H3,(H,12,13). The zero-order valence-electron chi connectivity index (χ0n) is 8.39. The molecule has 1 unspecified atom stereocenters. The van der Waals surface area contributed by atoms with Crippen LogP contribution in [-0.2, 0) is 4.79 Å². The Kier molecular flexibility index (Phi) is 2.98. The van der Waals surface area contributed by atoms with E-state index in [-0.39, 0.29) is 11.3 Å². The van der Waals surface area contributed by atoms with Crippen molar-refractivity contribution in [3.63, 3.8) is 0 Å². The summed E-state index contributed by atoms with van der Waals surface area (Å²) >= 11 is 0. The highest BCUT2D eigenvalue weighted by molar-refractivity contribution is 5.76. The zero-order chi connectivity index (χ0) is 9.90. The van der Waals surface area contributed by atoms with E-state index in [1.54, 1.807) is 0 Å². The Balaban J connectivity index is 2.26. The van der Waals surface area contributed by atoms with Gasteiger partial charge in [-0.05, 0) is 18.3 Å². The molecule has 13 heavy (non-hydrogen) atoms. The molecule has 1 amide bonds. The summed E-state index contributed by atoms with van der Waals surface area (Å²) in [4.78, 5) is 11.3. The first-order valence-corrected chi connectivity index (χ1v) is 4.79. The highest BCUT2D eigenvalue weighted by Gasteiger charge is 2.38. The largest absolute Gasteiger partial charge is 0.353 e. The van der Waals surface area contributed by atoms with Gasteiger partial charge in [0.2, 0.25) is 5.91 Å². The van der Waals surface area contributed by atoms with Crippen LogP contribution in [0.1, 0.15) is 39.5 Å². The second kappa shape index (κ2) is 3.83. The molecule has 0 spiro atoms. The highest BCUT2D eigenvalue weighted by atomic mass is 16.1. The molecule has 0 aliphatic heterocycles. The van der Waals surface area contributed by atoms with Crippen molar-refractivity contribution in [2.45, 2.75) is 45.6 Å². The molecule has 0 aromatic carbocycles. The number of amides is 1. The van der Waals surface area contributed by atoms with E-state index in [1.165, 1.54) is 6.42 Å². The van der Waals surface area contributed by atoms with Gasteiger partial charge in [-0.25, -0.2) is 0 Å². The number of hydrogen-bond donors (Lipinski definition) is 1. The van der Waals surface area contributed by atoms with Gasteiger partial charge in [0, 0.05) is 18.9 Å². The van der Waals surface area contributed by atoms with Crippen LogP contribution in [0.15, 0.2) is 0 Å². The Morgan fingerprint density at radius 3 is 2.77 bits per heavy atom. The smallest absolute Gasteiger partial charge is 0.221 e. The van der Waals surface area contributed by atoms with E-state index >= 15 is 0 Å². The van der Waals surface area contributed by atoms with Crippen molar-refractivity contribution in [1.29, 1.82) is 0 Å². The van der Waals surface area contributed by atoms with Crippen LogP contribution in [-0.4, -0.2) is 11.9 Å². The number of nitrogens with one attached hydrogen (secondary N) is 1. The summed E-state index contributed by atoms with van der Waals surface area (Å²) < 4.78 is 0. The van der Waals surface area contributed by atoms with E-state index in [0.717, 1.165) is 6.42 Å². The highest BCUT2D eigenvalue weighted by Crippen LogP contribution is 2.39. The summed E-state index contributed by atoms with van der Waals surface area (Å²) in [6.07, 6.45) is 8.39. The molecule has 1 aliphatic carbocycles. The average Bonchev–Trinajstić information content (AvgIpc) is 2.09. The third kappa shape index (κ3) is 2.48. The average molecular weight is 179 g/mol. The molecule has 1 atom stereocenters. The summed E-state index contributed by atoms with van der Waals surface area (Å²) in [7, 11) is 0. The number of carbonyl (C=O) groups excluding carboxylic acids is 1. The maximum atomic E-state index is 11.3. The van der Waals surface area contributed by atoms with Crippen LogP contribution >= 0.6 is 0 Å². The predicted molar refractivity (Wildman–Crippen MR) is 53.0 cm³/mol. The minimum Gasteiger partial charge on any atom is -0.353 e. The summed E-state index contributed by atoms with van der Waals surface area (Å²) in [6, 6.07) is 0.359. The van der Waals surface area contributed by atoms with E-state index in [1.807, 2.05) is 0 Å². The molecular formula is C11H17NO. The molecule has 2 nitrogen and oxygen atoms in total. The number of carbonyl (C=O) groups is 1. The van der Waals surface area contributed by atoms with E-state index in [2.05, 4.69) is 25.1 Å². The van der Waals surface area contributed by atoms with Gasteiger partial charge in [-0.3, -0.25) is 4.79 Å². The van der Waals surface area contributed by atoms with Gasteiger partial charge in [-0.1, -0.05) is 13.8 Å². The van der Waals surface area contributed by atoms with E-state index < -0.39 is 0 Å². The molecule has 0 aromatic heterocycles. The maximum absolute atomic E-state index is 11.3. The van der Waals surface area contributed by atoms with Gasteiger partial charge in [0.05, 0.1) is 0 Å².